The molecule has 0 heterocycles. The van der Waals surface area contributed by atoms with Gasteiger partial charge in [-0.1, -0.05) is 26.0 Å². The van der Waals surface area contributed by atoms with Gasteiger partial charge in [0.05, 0.1) is 4.92 Å². The van der Waals surface area contributed by atoms with Crippen LogP contribution < -0.4 is 5.73 Å². The predicted octanol–water partition coefficient (Wildman–Crippen LogP) is 2.08. The SMILES string of the molecule is CC.NCc1cccc([N+](=O)[O-])c1. The Morgan fingerprint density at radius 1 is 1.46 bits per heavy atom. The average molecular weight is 182 g/mol. The second-order valence-electron chi connectivity index (χ2n) is 2.13. The number of non-ortho nitro benzene ring substituents is 1. The van der Waals surface area contributed by atoms with Gasteiger partial charge < -0.3 is 5.73 Å². The van der Waals surface area contributed by atoms with Gasteiger partial charge in [0.15, 0.2) is 0 Å². The molecule has 0 bridgehead atoms. The molecule has 13 heavy (non-hydrogen) atoms. The zero-order valence-corrected chi connectivity index (χ0v) is 7.86. The van der Waals surface area contributed by atoms with E-state index in [1.807, 2.05) is 13.8 Å². The fraction of sp³-hybridized carbons (Fsp3) is 0.333. The summed E-state index contributed by atoms with van der Waals surface area (Å²) in [6.45, 7) is 4.34. The molecule has 0 fully saturated rings. The molecule has 0 aliphatic carbocycles. The van der Waals surface area contributed by atoms with Crippen LogP contribution in [0.3, 0.4) is 0 Å². The van der Waals surface area contributed by atoms with E-state index in [1.54, 1.807) is 12.1 Å². The van der Waals surface area contributed by atoms with Crippen LogP contribution in [0.15, 0.2) is 24.3 Å². The van der Waals surface area contributed by atoms with Crippen LogP contribution in [-0.2, 0) is 6.54 Å². The predicted molar refractivity (Wildman–Crippen MR) is 52.3 cm³/mol. The fourth-order valence-electron chi connectivity index (χ4n) is 0.797. The Hall–Kier alpha value is -1.42. The van der Waals surface area contributed by atoms with Crippen LogP contribution in [0.5, 0.6) is 0 Å². The third-order valence-electron chi connectivity index (χ3n) is 1.36. The molecule has 0 unspecified atom stereocenters. The van der Waals surface area contributed by atoms with Gasteiger partial charge in [0.25, 0.3) is 5.69 Å². The third-order valence-corrected chi connectivity index (χ3v) is 1.36. The van der Waals surface area contributed by atoms with Crippen molar-refractivity contribution < 1.29 is 4.92 Å². The molecule has 0 aromatic heterocycles. The first-order chi connectivity index (χ1) is 6.24. The molecule has 0 saturated heterocycles. The smallest absolute Gasteiger partial charge is 0.269 e. The van der Waals surface area contributed by atoms with E-state index in [9.17, 15) is 10.1 Å². The number of nitro benzene ring substituents is 1. The summed E-state index contributed by atoms with van der Waals surface area (Å²) in [5, 5.41) is 10.2. The van der Waals surface area contributed by atoms with Crippen molar-refractivity contribution >= 4 is 5.69 Å². The largest absolute Gasteiger partial charge is 0.326 e. The van der Waals surface area contributed by atoms with Crippen LogP contribution in [0.25, 0.3) is 0 Å². The van der Waals surface area contributed by atoms with Gasteiger partial charge in [-0.3, -0.25) is 10.1 Å². The van der Waals surface area contributed by atoms with E-state index in [2.05, 4.69) is 0 Å². The van der Waals surface area contributed by atoms with Crippen molar-refractivity contribution in [1.82, 2.24) is 0 Å². The lowest BCUT2D eigenvalue weighted by molar-refractivity contribution is -0.384. The summed E-state index contributed by atoms with van der Waals surface area (Å²) < 4.78 is 0. The van der Waals surface area contributed by atoms with Crippen molar-refractivity contribution in [2.45, 2.75) is 20.4 Å². The summed E-state index contributed by atoms with van der Waals surface area (Å²) >= 11 is 0. The van der Waals surface area contributed by atoms with Crippen LogP contribution in [0.1, 0.15) is 19.4 Å². The second kappa shape index (κ2) is 6.14. The Kier molecular flexibility index (Phi) is 5.47. The van der Waals surface area contributed by atoms with Crippen LogP contribution in [-0.4, -0.2) is 4.92 Å². The topological polar surface area (TPSA) is 69.2 Å². The maximum absolute atomic E-state index is 10.2. The lowest BCUT2D eigenvalue weighted by Crippen LogP contribution is -1.97. The second-order valence-corrected chi connectivity index (χ2v) is 2.13. The molecule has 72 valence electrons. The molecule has 4 nitrogen and oxygen atoms in total. The standard InChI is InChI=1S/C7H8N2O2.C2H6/c8-5-6-2-1-3-7(4-6)9(10)11;1-2/h1-4H,5,8H2;1-2H3. The highest BCUT2D eigenvalue weighted by Crippen LogP contribution is 2.11. The van der Waals surface area contributed by atoms with Gasteiger partial charge in [0.1, 0.15) is 0 Å². The molecule has 1 aromatic carbocycles. The van der Waals surface area contributed by atoms with Crippen LogP contribution in [0, 0.1) is 10.1 Å². The Bertz CT molecular complexity index is 274. The highest BCUT2D eigenvalue weighted by Gasteiger charge is 2.03. The molecular formula is C9H14N2O2. The minimum atomic E-state index is -0.431. The van der Waals surface area contributed by atoms with Gasteiger partial charge in [-0.05, 0) is 5.56 Å². The quantitative estimate of drug-likeness (QED) is 0.562. The number of hydrogen-bond acceptors (Lipinski definition) is 3. The van der Waals surface area contributed by atoms with E-state index in [0.717, 1.165) is 5.56 Å². The zero-order chi connectivity index (χ0) is 10.3. The van der Waals surface area contributed by atoms with Gasteiger partial charge >= 0.3 is 0 Å². The molecule has 4 heteroatoms. The molecule has 0 atom stereocenters. The molecule has 0 saturated carbocycles. The maximum atomic E-state index is 10.2. The monoisotopic (exact) mass is 182 g/mol. The van der Waals surface area contributed by atoms with Crippen molar-refractivity contribution in [2.75, 3.05) is 0 Å². The Labute approximate surface area is 77.5 Å². The number of hydrogen-bond donors (Lipinski definition) is 1. The van der Waals surface area contributed by atoms with Gasteiger partial charge in [0, 0.05) is 18.7 Å². The van der Waals surface area contributed by atoms with Crippen molar-refractivity contribution in [2.24, 2.45) is 5.73 Å². The molecule has 1 rings (SSSR count). The zero-order valence-electron chi connectivity index (χ0n) is 7.86. The fourth-order valence-corrected chi connectivity index (χ4v) is 0.797. The number of benzene rings is 1. The van der Waals surface area contributed by atoms with Crippen molar-refractivity contribution in [3.05, 3.63) is 39.9 Å². The maximum Gasteiger partial charge on any atom is 0.269 e. The van der Waals surface area contributed by atoms with Gasteiger partial charge in [-0.25, -0.2) is 0 Å². The van der Waals surface area contributed by atoms with Crippen molar-refractivity contribution in [3.8, 4) is 0 Å². The third kappa shape index (κ3) is 3.66. The van der Waals surface area contributed by atoms with Crippen LogP contribution in [0.4, 0.5) is 5.69 Å². The summed E-state index contributed by atoms with van der Waals surface area (Å²) in [6, 6.07) is 6.30. The summed E-state index contributed by atoms with van der Waals surface area (Å²) in [7, 11) is 0. The van der Waals surface area contributed by atoms with Crippen molar-refractivity contribution in [1.29, 1.82) is 0 Å². The van der Waals surface area contributed by atoms with E-state index >= 15 is 0 Å². The van der Waals surface area contributed by atoms with Gasteiger partial charge in [-0.2, -0.15) is 0 Å². The molecular weight excluding hydrogens is 168 g/mol. The average Bonchev–Trinajstić information content (AvgIpc) is 2.21. The number of nitrogens with two attached hydrogens (primary N) is 1. The normalized spacial score (nSPS) is 8.54. The molecule has 0 amide bonds. The molecule has 2 N–H and O–H groups in total. The minimum Gasteiger partial charge on any atom is -0.326 e. The van der Waals surface area contributed by atoms with Gasteiger partial charge in [-0.15, -0.1) is 0 Å². The summed E-state index contributed by atoms with van der Waals surface area (Å²) in [6.07, 6.45) is 0. The molecule has 0 aliphatic heterocycles. The number of nitrogens with zero attached hydrogens (tertiary/aromatic N) is 1. The molecule has 0 aliphatic rings. The first-order valence-electron chi connectivity index (χ1n) is 4.17. The lowest BCUT2D eigenvalue weighted by Gasteiger charge is -1.94. The summed E-state index contributed by atoms with van der Waals surface area (Å²) in [5.41, 5.74) is 6.16. The number of nitro groups is 1. The highest BCUT2D eigenvalue weighted by atomic mass is 16.6. The molecule has 1 aromatic rings. The highest BCUT2D eigenvalue weighted by molar-refractivity contribution is 5.33. The van der Waals surface area contributed by atoms with Crippen molar-refractivity contribution in [3.63, 3.8) is 0 Å². The van der Waals surface area contributed by atoms with Gasteiger partial charge in [0.2, 0.25) is 0 Å². The Morgan fingerprint density at radius 2 is 2.08 bits per heavy atom. The first-order valence-corrected chi connectivity index (χ1v) is 4.17. The van der Waals surface area contributed by atoms with E-state index in [-0.39, 0.29) is 5.69 Å². The van der Waals surface area contributed by atoms with E-state index in [4.69, 9.17) is 5.73 Å². The number of rotatable bonds is 2. The lowest BCUT2D eigenvalue weighted by atomic mass is 10.2. The first kappa shape index (κ1) is 11.6. The molecule has 0 radical (unpaired) electrons. The van der Waals surface area contributed by atoms with E-state index in [0.29, 0.717) is 6.54 Å². The Morgan fingerprint density at radius 3 is 2.54 bits per heavy atom. The summed E-state index contributed by atoms with van der Waals surface area (Å²) in [4.78, 5) is 9.80. The van der Waals surface area contributed by atoms with E-state index in [1.165, 1.54) is 12.1 Å². The van der Waals surface area contributed by atoms with Crippen LogP contribution in [0.2, 0.25) is 0 Å². The minimum absolute atomic E-state index is 0.0907. The van der Waals surface area contributed by atoms with E-state index < -0.39 is 4.92 Å². The van der Waals surface area contributed by atoms with Crippen LogP contribution >= 0.6 is 0 Å². The Balaban J connectivity index is 0.000000671. The summed E-state index contributed by atoms with van der Waals surface area (Å²) in [5.74, 6) is 0. The molecule has 0 spiro atoms.